The molecular formula is C36H44FN5O4. The second kappa shape index (κ2) is 19.1. The largest absolute Gasteiger partial charge is 0.457 e. The molecule has 0 aliphatic carbocycles. The third-order valence-corrected chi connectivity index (χ3v) is 7.32. The first kappa shape index (κ1) is 34.4. The van der Waals surface area contributed by atoms with Crippen LogP contribution in [0.2, 0.25) is 0 Å². The quantitative estimate of drug-likeness (QED) is 0.0614. The molecule has 0 radical (unpaired) electrons. The molecule has 0 aliphatic rings. The standard InChI is InChI=1S/C36H44FN5O4/c37-32-23-31(35(43)45-25-27-10-2-1-3-11-27)33(24-34(32)41-21-9-20-40-18-7-6-17-39-19-8-16-38)42-36(44)46-26-28-14-15-29-12-4-5-13-30(29)22-28/h1-5,10-15,22-24,39-41H,6-9,16-21,25-26,38H2,(H,42,44). The molecule has 0 atom stereocenters. The van der Waals surface area contributed by atoms with Crippen molar-refractivity contribution < 1.29 is 23.5 Å². The van der Waals surface area contributed by atoms with Gasteiger partial charge >= 0.3 is 12.1 Å². The average Bonchev–Trinajstić information content (AvgIpc) is 3.08. The second-order valence-corrected chi connectivity index (χ2v) is 11.0. The topological polar surface area (TPSA) is 127 Å². The van der Waals surface area contributed by atoms with Gasteiger partial charge in [-0.25, -0.2) is 14.0 Å². The van der Waals surface area contributed by atoms with E-state index in [-0.39, 0.29) is 30.2 Å². The van der Waals surface area contributed by atoms with Gasteiger partial charge in [0.15, 0.2) is 0 Å². The summed E-state index contributed by atoms with van der Waals surface area (Å²) in [5.41, 5.74) is 7.23. The van der Waals surface area contributed by atoms with E-state index in [0.717, 1.165) is 79.8 Å². The molecule has 4 aromatic rings. The van der Waals surface area contributed by atoms with Crippen LogP contribution in [0.3, 0.4) is 0 Å². The maximum atomic E-state index is 15.2. The molecule has 10 heteroatoms. The molecule has 0 fully saturated rings. The zero-order chi connectivity index (χ0) is 32.4. The number of benzene rings is 4. The van der Waals surface area contributed by atoms with Gasteiger partial charge < -0.3 is 31.2 Å². The van der Waals surface area contributed by atoms with E-state index < -0.39 is 17.9 Å². The maximum Gasteiger partial charge on any atom is 0.411 e. The molecule has 46 heavy (non-hydrogen) atoms. The van der Waals surface area contributed by atoms with Crippen LogP contribution in [0.15, 0.2) is 84.9 Å². The molecule has 1 amide bonds. The minimum Gasteiger partial charge on any atom is -0.457 e. The van der Waals surface area contributed by atoms with Crippen molar-refractivity contribution in [3.63, 3.8) is 0 Å². The van der Waals surface area contributed by atoms with Crippen LogP contribution in [0.4, 0.5) is 20.6 Å². The molecule has 0 aromatic heterocycles. The Balaban J connectivity index is 1.32. The highest BCUT2D eigenvalue weighted by molar-refractivity contribution is 6.00. The number of ether oxygens (including phenoxy) is 2. The van der Waals surface area contributed by atoms with Crippen LogP contribution in [0.25, 0.3) is 10.8 Å². The van der Waals surface area contributed by atoms with Crippen molar-refractivity contribution in [1.82, 2.24) is 10.6 Å². The monoisotopic (exact) mass is 629 g/mol. The Labute approximate surface area is 270 Å². The molecule has 4 rings (SSSR count). The molecule has 4 aromatic carbocycles. The van der Waals surface area contributed by atoms with Crippen molar-refractivity contribution in [3.05, 3.63) is 107 Å². The van der Waals surface area contributed by atoms with Crippen molar-refractivity contribution in [1.29, 1.82) is 0 Å². The second-order valence-electron chi connectivity index (χ2n) is 11.0. The fourth-order valence-corrected chi connectivity index (χ4v) is 4.82. The Bertz CT molecular complexity index is 1540. The number of anilines is 2. The Hall–Kier alpha value is -4.51. The smallest absolute Gasteiger partial charge is 0.411 e. The van der Waals surface area contributed by atoms with E-state index in [9.17, 15) is 9.59 Å². The number of fused-ring (bicyclic) bond motifs is 1. The van der Waals surface area contributed by atoms with E-state index in [2.05, 4.69) is 21.3 Å². The number of esters is 1. The van der Waals surface area contributed by atoms with Crippen LogP contribution in [-0.4, -0.2) is 51.3 Å². The van der Waals surface area contributed by atoms with Gasteiger partial charge in [0.2, 0.25) is 0 Å². The molecular weight excluding hydrogens is 585 g/mol. The van der Waals surface area contributed by atoms with Crippen LogP contribution in [0.1, 0.15) is 47.2 Å². The number of unbranched alkanes of at least 4 members (excludes halogenated alkanes) is 1. The molecule has 0 aliphatic heterocycles. The number of nitrogens with two attached hydrogens (primary N) is 1. The number of carbonyl (C=O) groups is 2. The number of carbonyl (C=O) groups excluding carboxylic acids is 2. The van der Waals surface area contributed by atoms with Gasteiger partial charge in [-0.15, -0.1) is 0 Å². The summed E-state index contributed by atoms with van der Waals surface area (Å²) in [7, 11) is 0. The summed E-state index contributed by atoms with van der Waals surface area (Å²) in [6, 6.07) is 25.3. The number of halogens is 1. The summed E-state index contributed by atoms with van der Waals surface area (Å²) in [6.45, 7) is 4.83. The van der Waals surface area contributed by atoms with Gasteiger partial charge in [-0.05, 0) is 98.5 Å². The summed E-state index contributed by atoms with van der Waals surface area (Å²) in [5.74, 6) is -1.39. The predicted molar refractivity (Wildman–Crippen MR) is 181 cm³/mol. The minimum atomic E-state index is -0.776. The number of nitrogens with one attached hydrogen (secondary N) is 4. The van der Waals surface area contributed by atoms with Crippen molar-refractivity contribution >= 4 is 34.2 Å². The van der Waals surface area contributed by atoms with Crippen molar-refractivity contribution in [2.24, 2.45) is 5.73 Å². The first-order chi connectivity index (χ1) is 22.5. The molecule has 244 valence electrons. The van der Waals surface area contributed by atoms with Crippen molar-refractivity contribution in [2.45, 2.75) is 38.9 Å². The van der Waals surface area contributed by atoms with Gasteiger partial charge in [-0.1, -0.05) is 66.7 Å². The fourth-order valence-electron chi connectivity index (χ4n) is 4.82. The summed E-state index contributed by atoms with van der Waals surface area (Å²) in [6.07, 6.45) is 3.11. The highest BCUT2D eigenvalue weighted by atomic mass is 19.1. The highest BCUT2D eigenvalue weighted by Gasteiger charge is 2.20. The van der Waals surface area contributed by atoms with Gasteiger partial charge in [-0.3, -0.25) is 5.32 Å². The lowest BCUT2D eigenvalue weighted by molar-refractivity contribution is 0.0473. The Morgan fingerprint density at radius 1 is 0.652 bits per heavy atom. The molecule has 0 saturated heterocycles. The molecule has 0 saturated carbocycles. The number of amides is 1. The molecule has 0 bridgehead atoms. The van der Waals surface area contributed by atoms with Crippen LogP contribution in [0, 0.1) is 5.82 Å². The lowest BCUT2D eigenvalue weighted by atomic mass is 10.1. The third kappa shape index (κ3) is 11.4. The predicted octanol–water partition coefficient (Wildman–Crippen LogP) is 6.19. The fraction of sp³-hybridized carbons (Fsp3) is 0.333. The Morgan fingerprint density at radius 3 is 2.09 bits per heavy atom. The van der Waals surface area contributed by atoms with Gasteiger partial charge in [0.1, 0.15) is 19.0 Å². The van der Waals surface area contributed by atoms with Gasteiger partial charge in [0.05, 0.1) is 16.9 Å². The zero-order valence-corrected chi connectivity index (χ0v) is 26.2. The van der Waals surface area contributed by atoms with Crippen LogP contribution >= 0.6 is 0 Å². The lowest BCUT2D eigenvalue weighted by Crippen LogP contribution is -2.22. The summed E-state index contributed by atoms with van der Waals surface area (Å²) >= 11 is 0. The number of hydrogen-bond acceptors (Lipinski definition) is 8. The summed E-state index contributed by atoms with van der Waals surface area (Å²) in [5, 5.41) is 14.6. The SMILES string of the molecule is NCCCNCCCCNCCCNc1cc(NC(=O)OCc2ccc3ccccc3c2)c(C(=O)OCc2ccccc2)cc1F. The highest BCUT2D eigenvalue weighted by Crippen LogP contribution is 2.26. The van der Waals surface area contributed by atoms with E-state index in [1.165, 1.54) is 6.07 Å². The van der Waals surface area contributed by atoms with Crippen LogP contribution < -0.4 is 27.0 Å². The molecule has 0 unspecified atom stereocenters. The van der Waals surface area contributed by atoms with Gasteiger partial charge in [0.25, 0.3) is 0 Å². The van der Waals surface area contributed by atoms with Crippen molar-refractivity contribution in [3.8, 4) is 0 Å². The lowest BCUT2D eigenvalue weighted by Gasteiger charge is -2.15. The summed E-state index contributed by atoms with van der Waals surface area (Å²) < 4.78 is 26.1. The Morgan fingerprint density at radius 2 is 1.33 bits per heavy atom. The summed E-state index contributed by atoms with van der Waals surface area (Å²) in [4.78, 5) is 25.9. The van der Waals surface area contributed by atoms with Crippen LogP contribution in [0.5, 0.6) is 0 Å². The third-order valence-electron chi connectivity index (χ3n) is 7.32. The van der Waals surface area contributed by atoms with E-state index >= 15 is 4.39 Å². The first-order valence-electron chi connectivity index (χ1n) is 15.8. The molecule has 0 spiro atoms. The van der Waals surface area contributed by atoms with E-state index in [4.69, 9.17) is 15.2 Å². The van der Waals surface area contributed by atoms with E-state index in [1.54, 1.807) is 0 Å². The Kier molecular flexibility index (Phi) is 14.3. The van der Waals surface area contributed by atoms with Gasteiger partial charge in [0, 0.05) is 6.54 Å². The molecule has 0 heterocycles. The van der Waals surface area contributed by atoms with E-state index in [0.29, 0.717) is 13.1 Å². The van der Waals surface area contributed by atoms with Crippen LogP contribution in [-0.2, 0) is 22.7 Å². The normalized spacial score (nSPS) is 10.9. The van der Waals surface area contributed by atoms with Crippen molar-refractivity contribution in [2.75, 3.05) is 49.9 Å². The number of hydrogen-bond donors (Lipinski definition) is 5. The van der Waals surface area contributed by atoms with Gasteiger partial charge in [-0.2, -0.15) is 0 Å². The minimum absolute atomic E-state index is 0.00490. The average molecular weight is 630 g/mol. The number of rotatable bonds is 19. The maximum absolute atomic E-state index is 15.2. The van der Waals surface area contributed by atoms with E-state index in [1.807, 2.05) is 72.8 Å². The first-order valence-corrected chi connectivity index (χ1v) is 15.8. The molecule has 9 nitrogen and oxygen atoms in total. The molecule has 6 N–H and O–H groups in total. The zero-order valence-electron chi connectivity index (χ0n) is 26.2.